The Morgan fingerprint density at radius 2 is 1.76 bits per heavy atom. The molecule has 174 valence electrons. The van der Waals surface area contributed by atoms with Crippen LogP contribution in [0, 0.1) is 0 Å². The Balaban J connectivity index is 1.82. The summed E-state index contributed by atoms with van der Waals surface area (Å²) in [5.74, 6) is -0.980. The van der Waals surface area contributed by atoms with Crippen LogP contribution in [0.1, 0.15) is 55.9 Å². The molecule has 1 amide bonds. The van der Waals surface area contributed by atoms with Crippen molar-refractivity contribution in [3.63, 3.8) is 0 Å². The van der Waals surface area contributed by atoms with Crippen LogP contribution in [-0.4, -0.2) is 19.0 Å². The van der Waals surface area contributed by atoms with Crippen molar-refractivity contribution in [2.75, 3.05) is 7.11 Å². The number of hydrogen-bond donors (Lipinski definition) is 1. The molecule has 10 heteroatoms. The smallest absolute Gasteiger partial charge is 0.416 e. The monoisotopic (exact) mass is 515 g/mol. The predicted molar refractivity (Wildman–Crippen MR) is 122 cm³/mol. The standard InChI is InChI=1S/C23H18Cl2F3NO3S/c1-12(14-6-8-15(9-7-14)22(31)32-2)29-21(30)18-17(19(24)33-20(18)25)11-13-4-3-5-16(10-13)23(26,27)28/h3-10,12H,11H2,1-2H3,(H,29,30)/t12-/m0/s1. The molecule has 0 aliphatic rings. The summed E-state index contributed by atoms with van der Waals surface area (Å²) in [5, 5.41) is 2.82. The Morgan fingerprint density at radius 1 is 1.09 bits per heavy atom. The largest absolute Gasteiger partial charge is 0.465 e. The first-order valence-electron chi connectivity index (χ1n) is 9.63. The summed E-state index contributed by atoms with van der Waals surface area (Å²) in [6.45, 7) is 1.75. The number of halogens is 5. The van der Waals surface area contributed by atoms with Gasteiger partial charge in [-0.25, -0.2) is 4.79 Å². The third kappa shape index (κ3) is 5.88. The second-order valence-electron chi connectivity index (χ2n) is 7.19. The first kappa shape index (κ1) is 25.1. The molecular weight excluding hydrogens is 498 g/mol. The molecule has 0 saturated carbocycles. The van der Waals surface area contributed by atoms with E-state index in [-0.39, 0.29) is 20.7 Å². The minimum absolute atomic E-state index is 0.0108. The summed E-state index contributed by atoms with van der Waals surface area (Å²) in [5.41, 5.74) is 1.15. The van der Waals surface area contributed by atoms with E-state index in [2.05, 4.69) is 10.1 Å². The van der Waals surface area contributed by atoms with Crippen LogP contribution in [0.15, 0.2) is 48.5 Å². The van der Waals surface area contributed by atoms with Crippen molar-refractivity contribution in [2.24, 2.45) is 0 Å². The summed E-state index contributed by atoms with van der Waals surface area (Å²) in [7, 11) is 1.28. The first-order chi connectivity index (χ1) is 15.5. The zero-order chi connectivity index (χ0) is 24.3. The summed E-state index contributed by atoms with van der Waals surface area (Å²) >= 11 is 13.5. The van der Waals surface area contributed by atoms with Gasteiger partial charge in [-0.05, 0) is 36.2 Å². The number of nitrogens with one attached hydrogen (secondary N) is 1. The third-order valence-corrected chi connectivity index (χ3v) is 6.65. The Morgan fingerprint density at radius 3 is 2.36 bits per heavy atom. The van der Waals surface area contributed by atoms with Gasteiger partial charge in [0.1, 0.15) is 4.34 Å². The maximum atomic E-state index is 13.1. The van der Waals surface area contributed by atoms with E-state index >= 15 is 0 Å². The number of ether oxygens (including phenoxy) is 1. The number of rotatable bonds is 6. The molecule has 0 radical (unpaired) electrons. The van der Waals surface area contributed by atoms with Gasteiger partial charge < -0.3 is 10.1 Å². The molecule has 0 bridgehead atoms. The minimum atomic E-state index is -4.48. The average molecular weight is 516 g/mol. The van der Waals surface area contributed by atoms with Crippen LogP contribution < -0.4 is 5.32 Å². The van der Waals surface area contributed by atoms with E-state index in [9.17, 15) is 22.8 Å². The van der Waals surface area contributed by atoms with E-state index in [1.807, 2.05) is 0 Å². The van der Waals surface area contributed by atoms with Gasteiger partial charge in [0.25, 0.3) is 5.91 Å². The molecule has 0 aliphatic carbocycles. The number of methoxy groups -OCH3 is 1. The molecule has 3 rings (SSSR count). The fraction of sp³-hybridized carbons (Fsp3) is 0.217. The van der Waals surface area contributed by atoms with Crippen LogP contribution in [0.4, 0.5) is 13.2 Å². The molecule has 0 saturated heterocycles. The van der Waals surface area contributed by atoms with E-state index in [1.165, 1.54) is 19.2 Å². The Bertz CT molecular complexity index is 1180. The highest BCUT2D eigenvalue weighted by molar-refractivity contribution is 7.20. The molecule has 0 aliphatic heterocycles. The lowest BCUT2D eigenvalue weighted by Crippen LogP contribution is -2.27. The molecule has 1 N–H and O–H groups in total. The molecular formula is C23H18Cl2F3NO3S. The maximum Gasteiger partial charge on any atom is 0.416 e. The van der Waals surface area contributed by atoms with Crippen molar-refractivity contribution in [2.45, 2.75) is 25.6 Å². The van der Waals surface area contributed by atoms with Crippen LogP contribution in [0.3, 0.4) is 0 Å². The SMILES string of the molecule is COC(=O)c1ccc([C@H](C)NC(=O)c2c(Cl)sc(Cl)c2Cc2cccc(C(F)(F)F)c2)cc1. The third-order valence-electron chi connectivity index (χ3n) is 4.96. The van der Waals surface area contributed by atoms with Crippen molar-refractivity contribution < 1.29 is 27.5 Å². The number of carbonyl (C=O) groups is 2. The van der Waals surface area contributed by atoms with Crippen LogP contribution in [0.25, 0.3) is 0 Å². The van der Waals surface area contributed by atoms with Crippen LogP contribution >= 0.6 is 34.5 Å². The number of alkyl halides is 3. The topological polar surface area (TPSA) is 55.4 Å². The van der Waals surface area contributed by atoms with Crippen LogP contribution in [0.5, 0.6) is 0 Å². The van der Waals surface area contributed by atoms with E-state index in [1.54, 1.807) is 31.2 Å². The summed E-state index contributed by atoms with van der Waals surface area (Å²) in [6.07, 6.45) is -4.47. The van der Waals surface area contributed by atoms with Crippen molar-refractivity contribution in [1.82, 2.24) is 5.32 Å². The minimum Gasteiger partial charge on any atom is -0.465 e. The second-order valence-corrected chi connectivity index (χ2v) is 9.41. The maximum absolute atomic E-state index is 13.1. The number of benzene rings is 2. The lowest BCUT2D eigenvalue weighted by atomic mass is 10.0. The van der Waals surface area contributed by atoms with Crippen molar-refractivity contribution in [1.29, 1.82) is 0 Å². The summed E-state index contributed by atoms with van der Waals surface area (Å²) in [6, 6.07) is 10.9. The molecule has 0 spiro atoms. The summed E-state index contributed by atoms with van der Waals surface area (Å²) in [4.78, 5) is 24.6. The normalized spacial score (nSPS) is 12.3. The fourth-order valence-electron chi connectivity index (χ4n) is 3.23. The molecule has 4 nitrogen and oxygen atoms in total. The molecule has 1 aromatic heterocycles. The van der Waals surface area contributed by atoms with Gasteiger partial charge in [-0.1, -0.05) is 53.5 Å². The predicted octanol–water partition coefficient (Wildman–Crippen LogP) is 6.94. The average Bonchev–Trinajstić information content (AvgIpc) is 3.05. The van der Waals surface area contributed by atoms with E-state index < -0.39 is 29.7 Å². The van der Waals surface area contributed by atoms with Gasteiger partial charge in [-0.3, -0.25) is 4.79 Å². The van der Waals surface area contributed by atoms with Crippen LogP contribution in [-0.2, 0) is 17.3 Å². The summed E-state index contributed by atoms with van der Waals surface area (Å²) < 4.78 is 44.2. The number of thiophene rings is 1. The van der Waals surface area contributed by atoms with Gasteiger partial charge in [-0.15, -0.1) is 11.3 Å². The van der Waals surface area contributed by atoms with Gasteiger partial charge in [0.2, 0.25) is 0 Å². The molecule has 3 aromatic rings. The molecule has 1 heterocycles. The number of esters is 1. The van der Waals surface area contributed by atoms with Crippen molar-refractivity contribution in [3.8, 4) is 0 Å². The first-order valence-corrected chi connectivity index (χ1v) is 11.2. The second kappa shape index (κ2) is 10.2. The van der Waals surface area contributed by atoms with Gasteiger partial charge in [0.15, 0.2) is 0 Å². The Labute approximate surface area is 202 Å². The lowest BCUT2D eigenvalue weighted by molar-refractivity contribution is -0.137. The number of amides is 1. The van der Waals surface area contributed by atoms with Crippen LogP contribution in [0.2, 0.25) is 8.67 Å². The zero-order valence-electron chi connectivity index (χ0n) is 17.4. The highest BCUT2D eigenvalue weighted by atomic mass is 35.5. The van der Waals surface area contributed by atoms with Crippen molar-refractivity contribution in [3.05, 3.63) is 90.6 Å². The van der Waals surface area contributed by atoms with E-state index in [0.717, 1.165) is 29.0 Å². The van der Waals surface area contributed by atoms with Gasteiger partial charge in [0.05, 0.1) is 34.2 Å². The number of hydrogen-bond acceptors (Lipinski definition) is 4. The number of carbonyl (C=O) groups excluding carboxylic acids is 2. The highest BCUT2D eigenvalue weighted by Crippen LogP contribution is 2.39. The molecule has 1 atom stereocenters. The highest BCUT2D eigenvalue weighted by Gasteiger charge is 2.31. The molecule has 2 aromatic carbocycles. The Hall–Kier alpha value is -2.55. The van der Waals surface area contributed by atoms with Gasteiger partial charge in [0, 0.05) is 12.0 Å². The van der Waals surface area contributed by atoms with E-state index in [0.29, 0.717) is 16.7 Å². The van der Waals surface area contributed by atoms with Crippen molar-refractivity contribution >= 4 is 46.4 Å². The van der Waals surface area contributed by atoms with Gasteiger partial charge in [-0.2, -0.15) is 13.2 Å². The van der Waals surface area contributed by atoms with E-state index in [4.69, 9.17) is 23.2 Å². The quantitative estimate of drug-likeness (QED) is 0.361. The molecule has 0 unspecified atom stereocenters. The van der Waals surface area contributed by atoms with Gasteiger partial charge >= 0.3 is 12.1 Å². The zero-order valence-corrected chi connectivity index (χ0v) is 19.8. The lowest BCUT2D eigenvalue weighted by Gasteiger charge is -2.16. The molecule has 0 fully saturated rings. The fourth-order valence-corrected chi connectivity index (χ4v) is 4.95. The Kier molecular flexibility index (Phi) is 7.72. The molecule has 33 heavy (non-hydrogen) atoms.